The number of hydrogen-bond acceptors (Lipinski definition) is 5. The molecule has 0 amide bonds. The zero-order chi connectivity index (χ0) is 19.9. The summed E-state index contributed by atoms with van der Waals surface area (Å²) in [5.74, 6) is 2.09. The monoisotopic (exact) mass is 384 g/mol. The van der Waals surface area contributed by atoms with Crippen LogP contribution in [0.3, 0.4) is 0 Å². The second-order valence-electron chi connectivity index (χ2n) is 7.25. The molecule has 0 radical (unpaired) electrons. The summed E-state index contributed by atoms with van der Waals surface area (Å²) in [6.07, 6.45) is 0.963. The van der Waals surface area contributed by atoms with E-state index >= 15 is 0 Å². The van der Waals surface area contributed by atoms with Crippen molar-refractivity contribution >= 4 is 0 Å². The molecule has 152 valence electrons. The van der Waals surface area contributed by atoms with E-state index in [9.17, 15) is 0 Å². The lowest BCUT2D eigenvalue weighted by atomic mass is 10.1. The molecule has 0 N–H and O–H groups in total. The van der Waals surface area contributed by atoms with Crippen LogP contribution in [-0.4, -0.2) is 63.9 Å². The van der Waals surface area contributed by atoms with E-state index in [1.54, 1.807) is 21.3 Å². The Kier molecular flexibility index (Phi) is 7.18. The number of piperazine rings is 1. The van der Waals surface area contributed by atoms with Crippen molar-refractivity contribution in [3.8, 4) is 17.2 Å². The smallest absolute Gasteiger partial charge is 0.203 e. The quantitative estimate of drug-likeness (QED) is 0.694. The second kappa shape index (κ2) is 9.80. The summed E-state index contributed by atoms with van der Waals surface area (Å²) in [4.78, 5) is 5.11. The fourth-order valence-corrected chi connectivity index (χ4v) is 3.88. The van der Waals surface area contributed by atoms with Crippen LogP contribution in [0.15, 0.2) is 42.5 Å². The Labute approximate surface area is 168 Å². The summed E-state index contributed by atoms with van der Waals surface area (Å²) in [5.41, 5.74) is 2.60. The molecule has 1 aliphatic heterocycles. The van der Waals surface area contributed by atoms with Crippen molar-refractivity contribution in [1.29, 1.82) is 0 Å². The minimum Gasteiger partial charge on any atom is -0.493 e. The first-order valence-electron chi connectivity index (χ1n) is 9.96. The maximum Gasteiger partial charge on any atom is 0.203 e. The van der Waals surface area contributed by atoms with Gasteiger partial charge in [-0.1, -0.05) is 30.3 Å². The number of methoxy groups -OCH3 is 3. The molecule has 0 aliphatic carbocycles. The Morgan fingerprint density at radius 3 is 2.00 bits per heavy atom. The van der Waals surface area contributed by atoms with Gasteiger partial charge in [0, 0.05) is 38.8 Å². The molecule has 2 aromatic rings. The Bertz CT molecular complexity index is 718. The summed E-state index contributed by atoms with van der Waals surface area (Å²) in [5, 5.41) is 0. The van der Waals surface area contributed by atoms with Gasteiger partial charge in [-0.25, -0.2) is 0 Å². The van der Waals surface area contributed by atoms with Gasteiger partial charge in [0.25, 0.3) is 0 Å². The van der Waals surface area contributed by atoms with E-state index < -0.39 is 0 Å². The highest BCUT2D eigenvalue weighted by atomic mass is 16.5. The fraction of sp³-hybridized carbons (Fsp3) is 0.478. The summed E-state index contributed by atoms with van der Waals surface area (Å²) in [6.45, 7) is 7.74. The molecule has 1 aliphatic rings. The highest BCUT2D eigenvalue weighted by Gasteiger charge is 2.22. The van der Waals surface area contributed by atoms with Gasteiger partial charge in [0.1, 0.15) is 0 Å². The van der Waals surface area contributed by atoms with Crippen LogP contribution in [0.25, 0.3) is 0 Å². The van der Waals surface area contributed by atoms with Gasteiger partial charge in [-0.15, -0.1) is 0 Å². The van der Waals surface area contributed by atoms with E-state index in [0.717, 1.165) is 50.6 Å². The standard InChI is InChI=1S/C23H32N2O3/c1-18(20-8-6-5-7-9-20)25-14-12-24(13-15-25)11-10-19-16-21(26-2)23(28-4)22(17-19)27-3/h5-9,16-18H,10-15H2,1-4H3/t18-/m1/s1. The maximum absolute atomic E-state index is 5.47. The average molecular weight is 385 g/mol. The van der Waals surface area contributed by atoms with E-state index in [-0.39, 0.29) is 0 Å². The predicted octanol–water partition coefficient (Wildman–Crippen LogP) is 3.63. The molecule has 1 heterocycles. The molecule has 1 atom stereocenters. The van der Waals surface area contributed by atoms with Crippen LogP contribution in [0.4, 0.5) is 0 Å². The van der Waals surface area contributed by atoms with Crippen molar-refractivity contribution in [2.75, 3.05) is 54.1 Å². The van der Waals surface area contributed by atoms with E-state index in [4.69, 9.17) is 14.2 Å². The third kappa shape index (κ3) is 4.78. The lowest BCUT2D eigenvalue weighted by molar-refractivity contribution is 0.103. The van der Waals surface area contributed by atoms with Crippen molar-refractivity contribution in [2.24, 2.45) is 0 Å². The highest BCUT2D eigenvalue weighted by Crippen LogP contribution is 2.38. The molecule has 5 heteroatoms. The molecular formula is C23H32N2O3. The summed E-state index contributed by atoms with van der Waals surface area (Å²) in [6, 6.07) is 15.3. The maximum atomic E-state index is 5.47. The fourth-order valence-electron chi connectivity index (χ4n) is 3.88. The summed E-state index contributed by atoms with van der Waals surface area (Å²) >= 11 is 0. The molecule has 3 rings (SSSR count). The largest absolute Gasteiger partial charge is 0.493 e. The van der Waals surface area contributed by atoms with Crippen molar-refractivity contribution in [1.82, 2.24) is 9.80 Å². The van der Waals surface area contributed by atoms with Gasteiger partial charge in [-0.2, -0.15) is 0 Å². The van der Waals surface area contributed by atoms with Gasteiger partial charge in [0.15, 0.2) is 11.5 Å². The van der Waals surface area contributed by atoms with Crippen LogP contribution in [-0.2, 0) is 6.42 Å². The molecule has 28 heavy (non-hydrogen) atoms. The van der Waals surface area contributed by atoms with E-state index in [1.165, 1.54) is 11.1 Å². The Morgan fingerprint density at radius 1 is 0.857 bits per heavy atom. The SMILES string of the molecule is COc1cc(CCN2CCN([C@H](C)c3ccccc3)CC2)cc(OC)c1OC. The van der Waals surface area contributed by atoms with Gasteiger partial charge in [-0.3, -0.25) is 4.90 Å². The molecule has 0 aromatic heterocycles. The second-order valence-corrected chi connectivity index (χ2v) is 7.25. The number of rotatable bonds is 8. The third-order valence-electron chi connectivity index (χ3n) is 5.68. The van der Waals surface area contributed by atoms with E-state index in [1.807, 2.05) is 0 Å². The van der Waals surface area contributed by atoms with Crippen LogP contribution in [0.2, 0.25) is 0 Å². The molecule has 5 nitrogen and oxygen atoms in total. The summed E-state index contributed by atoms with van der Waals surface area (Å²) in [7, 11) is 4.96. The topological polar surface area (TPSA) is 34.2 Å². The molecule has 0 spiro atoms. The molecule has 0 bridgehead atoms. The van der Waals surface area contributed by atoms with Crippen LogP contribution < -0.4 is 14.2 Å². The van der Waals surface area contributed by atoms with Crippen LogP contribution in [0, 0.1) is 0 Å². The molecule has 1 saturated heterocycles. The van der Waals surface area contributed by atoms with Crippen LogP contribution >= 0.6 is 0 Å². The van der Waals surface area contributed by atoms with Crippen molar-refractivity contribution < 1.29 is 14.2 Å². The van der Waals surface area contributed by atoms with Gasteiger partial charge in [-0.05, 0) is 36.6 Å². The molecule has 0 unspecified atom stereocenters. The van der Waals surface area contributed by atoms with E-state index in [0.29, 0.717) is 11.8 Å². The minimum absolute atomic E-state index is 0.471. The van der Waals surface area contributed by atoms with Crippen LogP contribution in [0.1, 0.15) is 24.1 Å². The number of hydrogen-bond donors (Lipinski definition) is 0. The first-order chi connectivity index (χ1) is 13.7. The minimum atomic E-state index is 0.471. The van der Waals surface area contributed by atoms with Crippen molar-refractivity contribution in [3.63, 3.8) is 0 Å². The van der Waals surface area contributed by atoms with Crippen molar-refractivity contribution in [3.05, 3.63) is 53.6 Å². The number of ether oxygens (including phenoxy) is 3. The Morgan fingerprint density at radius 2 is 1.46 bits per heavy atom. The molecule has 0 saturated carbocycles. The average Bonchev–Trinajstić information content (AvgIpc) is 2.77. The molecule has 1 fully saturated rings. The zero-order valence-electron chi connectivity index (χ0n) is 17.5. The first kappa shape index (κ1) is 20.5. The zero-order valence-corrected chi connectivity index (χ0v) is 17.5. The third-order valence-corrected chi connectivity index (χ3v) is 5.68. The van der Waals surface area contributed by atoms with Gasteiger partial charge in [0.05, 0.1) is 21.3 Å². The number of nitrogens with zero attached hydrogens (tertiary/aromatic N) is 2. The lowest BCUT2D eigenvalue weighted by Crippen LogP contribution is -2.47. The Balaban J connectivity index is 1.54. The molecular weight excluding hydrogens is 352 g/mol. The number of benzene rings is 2. The summed E-state index contributed by atoms with van der Waals surface area (Å²) < 4.78 is 16.3. The van der Waals surface area contributed by atoms with E-state index in [2.05, 4.69) is 59.2 Å². The predicted molar refractivity (Wildman–Crippen MR) is 113 cm³/mol. The lowest BCUT2D eigenvalue weighted by Gasteiger charge is -2.38. The van der Waals surface area contributed by atoms with Crippen LogP contribution in [0.5, 0.6) is 17.2 Å². The Hall–Kier alpha value is -2.24. The normalized spacial score (nSPS) is 16.6. The first-order valence-corrected chi connectivity index (χ1v) is 9.96. The van der Waals surface area contributed by atoms with Gasteiger partial charge >= 0.3 is 0 Å². The van der Waals surface area contributed by atoms with Gasteiger partial charge < -0.3 is 19.1 Å². The highest BCUT2D eigenvalue weighted by molar-refractivity contribution is 5.53. The van der Waals surface area contributed by atoms with Crippen molar-refractivity contribution in [2.45, 2.75) is 19.4 Å². The van der Waals surface area contributed by atoms with Gasteiger partial charge in [0.2, 0.25) is 5.75 Å². The molecule has 2 aromatic carbocycles.